The summed E-state index contributed by atoms with van der Waals surface area (Å²) in [6, 6.07) is 12.1. The summed E-state index contributed by atoms with van der Waals surface area (Å²) in [5, 5.41) is 3.14. The first-order valence-electron chi connectivity index (χ1n) is 6.75. The third-order valence-electron chi connectivity index (χ3n) is 3.50. The van der Waals surface area contributed by atoms with Gasteiger partial charge >= 0.3 is 0 Å². The molecule has 0 amide bonds. The number of nitrogens with one attached hydrogen (secondary N) is 1. The van der Waals surface area contributed by atoms with Gasteiger partial charge in [-0.25, -0.2) is 8.78 Å². The predicted molar refractivity (Wildman–Crippen MR) is 77.8 cm³/mol. The quantitative estimate of drug-likeness (QED) is 0.872. The van der Waals surface area contributed by atoms with Gasteiger partial charge in [0.15, 0.2) is 11.6 Å². The summed E-state index contributed by atoms with van der Waals surface area (Å²) in [6.07, 6.45) is 0. The lowest BCUT2D eigenvalue weighted by molar-refractivity contribution is 0.505. The van der Waals surface area contributed by atoms with Crippen molar-refractivity contribution in [2.24, 2.45) is 0 Å². The van der Waals surface area contributed by atoms with Gasteiger partial charge < -0.3 is 5.32 Å². The van der Waals surface area contributed by atoms with Crippen LogP contribution >= 0.6 is 0 Å². The normalized spacial score (nSPS) is 12.7. The molecule has 0 spiro atoms. The van der Waals surface area contributed by atoms with Crippen molar-refractivity contribution in [1.29, 1.82) is 0 Å². The summed E-state index contributed by atoms with van der Waals surface area (Å²) in [5.41, 5.74) is 3.00. The van der Waals surface area contributed by atoms with Crippen molar-refractivity contribution in [1.82, 2.24) is 5.32 Å². The van der Waals surface area contributed by atoms with Crippen LogP contribution in [0.2, 0.25) is 0 Å². The molecule has 1 nitrogen and oxygen atoms in total. The number of hydrogen-bond donors (Lipinski definition) is 1. The first-order chi connectivity index (χ1) is 9.52. The molecule has 106 valence electrons. The lowest BCUT2D eigenvalue weighted by Gasteiger charge is -2.18. The summed E-state index contributed by atoms with van der Waals surface area (Å²) in [4.78, 5) is 0. The van der Waals surface area contributed by atoms with E-state index in [2.05, 4.69) is 31.3 Å². The average Bonchev–Trinajstić information content (AvgIpc) is 2.44. The minimum atomic E-state index is -0.821. The van der Waals surface area contributed by atoms with Crippen molar-refractivity contribution in [3.8, 4) is 0 Å². The average molecular weight is 275 g/mol. The van der Waals surface area contributed by atoms with Gasteiger partial charge in [-0.05, 0) is 41.8 Å². The third kappa shape index (κ3) is 3.05. The van der Waals surface area contributed by atoms with E-state index in [1.54, 1.807) is 6.07 Å². The first kappa shape index (κ1) is 14.7. The number of rotatable bonds is 4. The molecule has 0 saturated heterocycles. The molecule has 0 saturated carbocycles. The largest absolute Gasteiger partial charge is 0.309 e. The van der Waals surface area contributed by atoms with Gasteiger partial charge in [0.2, 0.25) is 0 Å². The van der Waals surface area contributed by atoms with Crippen LogP contribution < -0.4 is 5.32 Å². The zero-order valence-electron chi connectivity index (χ0n) is 12.0. The highest BCUT2D eigenvalue weighted by molar-refractivity contribution is 5.34. The molecule has 20 heavy (non-hydrogen) atoms. The fourth-order valence-corrected chi connectivity index (χ4v) is 2.29. The van der Waals surface area contributed by atoms with E-state index in [1.807, 2.05) is 19.2 Å². The maximum absolute atomic E-state index is 13.4. The molecular formula is C17H19F2N. The van der Waals surface area contributed by atoms with Crippen LogP contribution in [-0.4, -0.2) is 7.05 Å². The van der Waals surface area contributed by atoms with Crippen molar-refractivity contribution in [2.75, 3.05) is 7.05 Å². The van der Waals surface area contributed by atoms with Crippen LogP contribution in [0, 0.1) is 11.6 Å². The third-order valence-corrected chi connectivity index (χ3v) is 3.50. The van der Waals surface area contributed by atoms with Crippen molar-refractivity contribution >= 4 is 0 Å². The van der Waals surface area contributed by atoms with Gasteiger partial charge in [-0.3, -0.25) is 0 Å². The second-order valence-electron chi connectivity index (χ2n) is 5.22. The molecule has 3 heteroatoms. The van der Waals surface area contributed by atoms with E-state index in [9.17, 15) is 8.78 Å². The van der Waals surface area contributed by atoms with Gasteiger partial charge in [0.05, 0.1) is 6.04 Å². The molecule has 0 bridgehead atoms. The Morgan fingerprint density at radius 1 is 0.800 bits per heavy atom. The first-order valence-corrected chi connectivity index (χ1v) is 6.75. The van der Waals surface area contributed by atoms with Crippen LogP contribution in [-0.2, 0) is 0 Å². The van der Waals surface area contributed by atoms with Gasteiger partial charge in [-0.1, -0.05) is 44.2 Å². The van der Waals surface area contributed by atoms with Gasteiger partial charge in [0.1, 0.15) is 0 Å². The van der Waals surface area contributed by atoms with E-state index < -0.39 is 11.6 Å². The molecule has 0 aliphatic carbocycles. The molecule has 1 N–H and O–H groups in total. The van der Waals surface area contributed by atoms with Crippen LogP contribution in [0.5, 0.6) is 0 Å². The van der Waals surface area contributed by atoms with E-state index in [4.69, 9.17) is 0 Å². The van der Waals surface area contributed by atoms with E-state index in [1.165, 1.54) is 11.6 Å². The van der Waals surface area contributed by atoms with Crippen LogP contribution in [0.4, 0.5) is 8.78 Å². The number of hydrogen-bond acceptors (Lipinski definition) is 1. The van der Waals surface area contributed by atoms with Crippen molar-refractivity contribution in [2.45, 2.75) is 25.8 Å². The molecule has 1 unspecified atom stereocenters. The highest BCUT2D eigenvalue weighted by Crippen LogP contribution is 2.25. The monoisotopic (exact) mass is 275 g/mol. The van der Waals surface area contributed by atoms with E-state index in [-0.39, 0.29) is 6.04 Å². The molecule has 0 aliphatic rings. The standard InChI is InChI=1S/C17H19F2N/c1-11(2)12-4-6-13(7-5-12)17(20-3)14-8-9-15(18)16(19)10-14/h4-11,17,20H,1-3H3. The van der Waals surface area contributed by atoms with Crippen molar-refractivity contribution in [3.05, 3.63) is 70.8 Å². The van der Waals surface area contributed by atoms with Crippen LogP contribution in [0.25, 0.3) is 0 Å². The van der Waals surface area contributed by atoms with Gasteiger partial charge in [-0.2, -0.15) is 0 Å². The minimum Gasteiger partial charge on any atom is -0.309 e. The smallest absolute Gasteiger partial charge is 0.159 e. The maximum Gasteiger partial charge on any atom is 0.159 e. The fraction of sp³-hybridized carbons (Fsp3) is 0.294. The lowest BCUT2D eigenvalue weighted by atomic mass is 9.95. The Hall–Kier alpha value is -1.74. The fourth-order valence-electron chi connectivity index (χ4n) is 2.29. The Labute approximate surface area is 118 Å². The Bertz CT molecular complexity index is 576. The van der Waals surface area contributed by atoms with Gasteiger partial charge in [0, 0.05) is 0 Å². The van der Waals surface area contributed by atoms with E-state index in [0.29, 0.717) is 11.5 Å². The SMILES string of the molecule is CNC(c1ccc(C(C)C)cc1)c1ccc(F)c(F)c1. The highest BCUT2D eigenvalue weighted by atomic mass is 19.2. The summed E-state index contributed by atoms with van der Waals surface area (Å²) in [6.45, 7) is 4.28. The maximum atomic E-state index is 13.4. The molecule has 0 radical (unpaired) electrons. The predicted octanol–water partition coefficient (Wildman–Crippen LogP) is 4.40. The Morgan fingerprint density at radius 2 is 1.35 bits per heavy atom. The zero-order chi connectivity index (χ0) is 14.7. The summed E-state index contributed by atoms with van der Waals surface area (Å²) in [5.74, 6) is -1.17. The summed E-state index contributed by atoms with van der Waals surface area (Å²) in [7, 11) is 1.81. The lowest BCUT2D eigenvalue weighted by Crippen LogP contribution is -2.18. The minimum absolute atomic E-state index is 0.147. The van der Waals surface area contributed by atoms with Crippen molar-refractivity contribution in [3.63, 3.8) is 0 Å². The summed E-state index contributed by atoms with van der Waals surface area (Å²) < 4.78 is 26.4. The second-order valence-corrected chi connectivity index (χ2v) is 5.22. The molecule has 2 rings (SSSR count). The molecule has 0 fully saturated rings. The molecule has 0 aromatic heterocycles. The van der Waals surface area contributed by atoms with Gasteiger partial charge in [0.25, 0.3) is 0 Å². The van der Waals surface area contributed by atoms with Gasteiger partial charge in [-0.15, -0.1) is 0 Å². The van der Waals surface area contributed by atoms with Crippen LogP contribution in [0.15, 0.2) is 42.5 Å². The van der Waals surface area contributed by atoms with Crippen LogP contribution in [0.1, 0.15) is 42.5 Å². The van der Waals surface area contributed by atoms with E-state index >= 15 is 0 Å². The molecule has 1 atom stereocenters. The number of halogens is 2. The van der Waals surface area contributed by atoms with E-state index in [0.717, 1.165) is 11.6 Å². The summed E-state index contributed by atoms with van der Waals surface area (Å²) >= 11 is 0. The molecule has 0 aliphatic heterocycles. The van der Waals surface area contributed by atoms with Crippen LogP contribution in [0.3, 0.4) is 0 Å². The molecule has 2 aromatic rings. The van der Waals surface area contributed by atoms with Crippen molar-refractivity contribution < 1.29 is 8.78 Å². The molecular weight excluding hydrogens is 256 g/mol. The Balaban J connectivity index is 2.33. The second kappa shape index (κ2) is 6.14. The Morgan fingerprint density at radius 3 is 1.85 bits per heavy atom. The Kier molecular flexibility index (Phi) is 4.50. The molecule has 0 heterocycles. The number of benzene rings is 2. The zero-order valence-corrected chi connectivity index (χ0v) is 12.0. The topological polar surface area (TPSA) is 12.0 Å². The highest BCUT2D eigenvalue weighted by Gasteiger charge is 2.14. The molecule has 2 aromatic carbocycles.